The number of anilines is 1. The van der Waals surface area contributed by atoms with Crippen LogP contribution >= 0.6 is 17.0 Å². The molecule has 0 bridgehead atoms. The lowest BCUT2D eigenvalue weighted by atomic mass is 9.94. The van der Waals surface area contributed by atoms with Crippen LogP contribution in [-0.4, -0.2) is 73.8 Å². The Morgan fingerprint density at radius 1 is 0.855 bits per heavy atom. The SMILES string of the molecule is Br.COc1cc(-c2cnc(N)c(-c3ccc(-c4c(C(N)=O)c(=O)c(-c5ccc(C)cc5)cn4CC4CCOCC4)cc3)c2)ccc1OC[C@H]1COCCO1.O. The number of aromatic nitrogens is 2. The molecule has 0 aliphatic carbocycles. The number of halogens is 1. The van der Waals surface area contributed by atoms with E-state index in [2.05, 4.69) is 4.98 Å². The fourth-order valence-corrected chi connectivity index (χ4v) is 6.95. The zero-order valence-corrected chi connectivity index (χ0v) is 32.6. The summed E-state index contributed by atoms with van der Waals surface area (Å²) in [5.41, 5.74) is 18.7. The molecule has 2 aromatic heterocycles. The van der Waals surface area contributed by atoms with E-state index in [0.717, 1.165) is 46.2 Å². The van der Waals surface area contributed by atoms with E-state index >= 15 is 0 Å². The van der Waals surface area contributed by atoms with Crippen LogP contribution < -0.4 is 26.4 Å². The van der Waals surface area contributed by atoms with E-state index in [4.69, 9.17) is 35.2 Å². The van der Waals surface area contributed by atoms with Crippen LogP contribution in [0.4, 0.5) is 5.82 Å². The van der Waals surface area contributed by atoms with E-state index in [1.807, 2.05) is 90.5 Å². The van der Waals surface area contributed by atoms with Crippen LogP contribution in [0.1, 0.15) is 28.8 Å². The van der Waals surface area contributed by atoms with Gasteiger partial charge in [-0.05, 0) is 66.1 Å². The average molecular weight is 816 g/mol. The standard InChI is InChI=1S/C42H44N4O7.BrH.H2O/c1-26-3-5-29(6-4-26)35-23-46(22-27-13-15-50-16-14-27)39(38(40(35)47)42(44)48)30-9-7-28(8-10-30)34-19-32(21-45-41(34)43)31-11-12-36(37(20-31)49-2)53-25-33-24-51-17-18-52-33;;/h3-12,19-21,23,27,33H,13-18,22,24-25H2,1-2H3,(H2,43,45)(H2,44,48);1H;1H2/t33-;;/m1../s1. The smallest absolute Gasteiger partial charge is 0.254 e. The fraction of sp³-hybridized carbons (Fsp3) is 0.310. The summed E-state index contributed by atoms with van der Waals surface area (Å²) < 4.78 is 30.5. The number of rotatable bonds is 11. The van der Waals surface area contributed by atoms with Crippen molar-refractivity contribution in [3.05, 3.63) is 107 Å². The third-order valence-corrected chi connectivity index (χ3v) is 9.88. The molecule has 0 saturated carbocycles. The maximum Gasteiger partial charge on any atom is 0.254 e. The van der Waals surface area contributed by atoms with E-state index < -0.39 is 11.3 Å². The molecule has 3 aromatic carbocycles. The first kappa shape index (κ1) is 41.1. The number of primary amides is 1. The summed E-state index contributed by atoms with van der Waals surface area (Å²) in [6.07, 6.45) is 5.21. The Morgan fingerprint density at radius 3 is 2.20 bits per heavy atom. The van der Waals surface area contributed by atoms with E-state index in [1.165, 1.54) is 0 Å². The quantitative estimate of drug-likeness (QED) is 0.165. The van der Waals surface area contributed by atoms with Gasteiger partial charge < -0.3 is 45.2 Å². The Labute approximate surface area is 330 Å². The predicted molar refractivity (Wildman–Crippen MR) is 218 cm³/mol. The zero-order chi connectivity index (χ0) is 36.9. The molecule has 4 heterocycles. The molecule has 1 amide bonds. The topological polar surface area (TPSA) is 182 Å². The number of ether oxygens (including phenoxy) is 5. The van der Waals surface area contributed by atoms with Crippen molar-refractivity contribution in [2.24, 2.45) is 11.7 Å². The van der Waals surface area contributed by atoms with Gasteiger partial charge in [0.05, 0.1) is 32.6 Å². The molecular formula is C42H47BrN4O8. The number of aryl methyl sites for hydroxylation is 1. The second-order valence-corrected chi connectivity index (χ2v) is 13.5. The number of amides is 1. The van der Waals surface area contributed by atoms with E-state index in [9.17, 15) is 9.59 Å². The molecular weight excluding hydrogens is 768 g/mol. The van der Waals surface area contributed by atoms with Gasteiger partial charge in [0, 0.05) is 48.8 Å². The van der Waals surface area contributed by atoms with Crippen LogP contribution in [0.2, 0.25) is 0 Å². The van der Waals surface area contributed by atoms with Gasteiger partial charge in [-0.25, -0.2) is 4.98 Å². The molecule has 55 heavy (non-hydrogen) atoms. The summed E-state index contributed by atoms with van der Waals surface area (Å²) >= 11 is 0. The van der Waals surface area contributed by atoms with Crippen LogP contribution in [-0.2, 0) is 20.8 Å². The Balaban J connectivity index is 0.00000290. The highest BCUT2D eigenvalue weighted by molar-refractivity contribution is 8.93. The number of nitrogen functional groups attached to an aromatic ring is 1. The van der Waals surface area contributed by atoms with Gasteiger partial charge in [0.25, 0.3) is 5.91 Å². The van der Waals surface area contributed by atoms with Gasteiger partial charge in [-0.1, -0.05) is 60.2 Å². The molecule has 2 aliphatic heterocycles. The number of nitrogens with two attached hydrogens (primary N) is 2. The van der Waals surface area contributed by atoms with Crippen molar-refractivity contribution in [2.45, 2.75) is 32.4 Å². The number of hydrogen-bond donors (Lipinski definition) is 2. The monoisotopic (exact) mass is 814 g/mol. The highest BCUT2D eigenvalue weighted by Gasteiger charge is 2.25. The molecule has 0 radical (unpaired) electrons. The molecule has 1 atom stereocenters. The van der Waals surface area contributed by atoms with Gasteiger partial charge >= 0.3 is 0 Å². The number of benzene rings is 3. The van der Waals surface area contributed by atoms with Gasteiger partial charge in [0.1, 0.15) is 24.1 Å². The first-order chi connectivity index (χ1) is 25.8. The molecule has 7 rings (SSSR count). The number of hydrogen-bond acceptors (Lipinski definition) is 9. The zero-order valence-electron chi connectivity index (χ0n) is 30.9. The number of pyridine rings is 2. The maximum atomic E-state index is 14.0. The highest BCUT2D eigenvalue weighted by Crippen LogP contribution is 2.36. The summed E-state index contributed by atoms with van der Waals surface area (Å²) in [5.74, 6) is 1.08. The summed E-state index contributed by atoms with van der Waals surface area (Å²) in [5, 5.41) is 0. The molecule has 13 heteroatoms. The molecule has 290 valence electrons. The molecule has 2 fully saturated rings. The first-order valence-electron chi connectivity index (χ1n) is 17.9. The fourth-order valence-electron chi connectivity index (χ4n) is 6.95. The van der Waals surface area contributed by atoms with Crippen molar-refractivity contribution in [3.63, 3.8) is 0 Å². The van der Waals surface area contributed by atoms with Gasteiger partial charge in [-0.2, -0.15) is 0 Å². The molecule has 0 unspecified atom stereocenters. The third kappa shape index (κ3) is 9.26. The minimum Gasteiger partial charge on any atom is -0.493 e. The molecule has 2 aliphatic rings. The lowest BCUT2D eigenvalue weighted by Crippen LogP contribution is -2.33. The summed E-state index contributed by atoms with van der Waals surface area (Å²) in [6, 6.07) is 23.0. The molecule has 0 spiro atoms. The Morgan fingerprint density at radius 2 is 1.53 bits per heavy atom. The van der Waals surface area contributed by atoms with Crippen LogP contribution in [0.15, 0.2) is 90.0 Å². The van der Waals surface area contributed by atoms with Crippen molar-refractivity contribution in [3.8, 4) is 56.1 Å². The average Bonchev–Trinajstić information content (AvgIpc) is 3.19. The third-order valence-electron chi connectivity index (χ3n) is 9.88. The molecule has 6 N–H and O–H groups in total. The number of carbonyl (C=O) groups excluding carboxylic acids is 1. The minimum absolute atomic E-state index is 0. The molecule has 2 saturated heterocycles. The normalized spacial score (nSPS) is 15.7. The van der Waals surface area contributed by atoms with Crippen molar-refractivity contribution in [1.29, 1.82) is 0 Å². The second-order valence-electron chi connectivity index (χ2n) is 13.5. The molecule has 12 nitrogen and oxygen atoms in total. The lowest BCUT2D eigenvalue weighted by Gasteiger charge is -2.26. The maximum absolute atomic E-state index is 14.0. The van der Waals surface area contributed by atoms with Gasteiger partial charge in [0.2, 0.25) is 5.43 Å². The van der Waals surface area contributed by atoms with Crippen LogP contribution in [0.5, 0.6) is 11.5 Å². The largest absolute Gasteiger partial charge is 0.493 e. The predicted octanol–water partition coefficient (Wildman–Crippen LogP) is 5.88. The Kier molecular flexibility index (Phi) is 13.8. The van der Waals surface area contributed by atoms with Crippen LogP contribution in [0.25, 0.3) is 44.6 Å². The summed E-state index contributed by atoms with van der Waals surface area (Å²) in [6.45, 7) is 5.92. The summed E-state index contributed by atoms with van der Waals surface area (Å²) in [7, 11) is 1.60. The van der Waals surface area contributed by atoms with Crippen molar-refractivity contribution < 1.29 is 34.0 Å². The van der Waals surface area contributed by atoms with Gasteiger partial charge in [0.15, 0.2) is 11.5 Å². The highest BCUT2D eigenvalue weighted by atomic mass is 79.9. The number of nitrogens with zero attached hydrogens (tertiary/aromatic N) is 2. The van der Waals surface area contributed by atoms with Crippen molar-refractivity contribution >= 4 is 28.7 Å². The van der Waals surface area contributed by atoms with Gasteiger partial charge in [-0.15, -0.1) is 17.0 Å². The van der Waals surface area contributed by atoms with E-state index in [-0.39, 0.29) is 34.1 Å². The summed E-state index contributed by atoms with van der Waals surface area (Å²) in [4.78, 5) is 31.7. The Bertz CT molecular complexity index is 2150. The van der Waals surface area contributed by atoms with Crippen LogP contribution in [0, 0.1) is 12.8 Å². The van der Waals surface area contributed by atoms with Crippen molar-refractivity contribution in [1.82, 2.24) is 9.55 Å². The first-order valence-corrected chi connectivity index (χ1v) is 17.9. The number of carbonyl (C=O) groups is 1. The van der Waals surface area contributed by atoms with Crippen molar-refractivity contribution in [2.75, 3.05) is 52.5 Å². The van der Waals surface area contributed by atoms with Crippen LogP contribution in [0.3, 0.4) is 0 Å². The van der Waals surface area contributed by atoms with Gasteiger partial charge in [-0.3, -0.25) is 9.59 Å². The minimum atomic E-state index is -0.770. The lowest BCUT2D eigenvalue weighted by molar-refractivity contribution is -0.101. The molecule has 5 aromatic rings. The van der Waals surface area contributed by atoms with E-state index in [0.29, 0.717) is 86.2 Å². The van der Waals surface area contributed by atoms with E-state index in [1.54, 1.807) is 13.3 Å². The second kappa shape index (κ2) is 18.5. The number of methoxy groups -OCH3 is 1. The Hall–Kier alpha value is -5.05.